The number of hydrogen-bond acceptors (Lipinski definition) is 4. The molecule has 2 heterocycles. The van der Waals surface area contributed by atoms with Gasteiger partial charge in [0.15, 0.2) is 0 Å². The van der Waals surface area contributed by atoms with Gasteiger partial charge < -0.3 is 15.2 Å². The second-order valence-corrected chi connectivity index (χ2v) is 5.94. The van der Waals surface area contributed by atoms with E-state index in [1.54, 1.807) is 30.0 Å². The number of ether oxygens (including phenoxy) is 1. The number of carboxylic acid groups (broad SMARTS) is 1. The summed E-state index contributed by atoms with van der Waals surface area (Å²) in [6.07, 6.45) is 4.50. The van der Waals surface area contributed by atoms with E-state index in [1.807, 2.05) is 24.5 Å². The third-order valence-electron chi connectivity index (χ3n) is 3.82. The zero-order valence-corrected chi connectivity index (χ0v) is 12.2. The first kappa shape index (κ1) is 14.2. The van der Waals surface area contributed by atoms with Crippen molar-refractivity contribution >= 4 is 29.3 Å². The smallest absolute Gasteiger partial charge is 0.310 e. The van der Waals surface area contributed by atoms with Crippen molar-refractivity contribution in [3.63, 3.8) is 0 Å². The number of anilines is 1. The lowest BCUT2D eigenvalue weighted by molar-refractivity contribution is -0.145. The van der Waals surface area contributed by atoms with E-state index < -0.39 is 30.0 Å². The van der Waals surface area contributed by atoms with Crippen molar-refractivity contribution in [2.75, 3.05) is 11.6 Å². The number of fused-ring (bicyclic) bond motifs is 2. The highest BCUT2D eigenvalue weighted by atomic mass is 32.2. The minimum Gasteiger partial charge on any atom is -0.481 e. The predicted molar refractivity (Wildman–Crippen MR) is 79.3 cm³/mol. The average Bonchev–Trinajstić information content (AvgIpc) is 3.07. The molecule has 0 saturated carbocycles. The van der Waals surface area contributed by atoms with Gasteiger partial charge in [-0.2, -0.15) is 0 Å². The quantitative estimate of drug-likeness (QED) is 0.657. The molecule has 0 aliphatic carbocycles. The average molecular weight is 305 g/mol. The molecule has 5 nitrogen and oxygen atoms in total. The molecule has 21 heavy (non-hydrogen) atoms. The molecule has 2 aliphatic rings. The number of carbonyl (C=O) groups is 2. The van der Waals surface area contributed by atoms with Crippen LogP contribution in [0.4, 0.5) is 5.69 Å². The molecule has 6 heteroatoms. The minimum atomic E-state index is -0.995. The summed E-state index contributed by atoms with van der Waals surface area (Å²) >= 11 is 1.58. The van der Waals surface area contributed by atoms with Gasteiger partial charge in [0.1, 0.15) is 5.92 Å². The Balaban J connectivity index is 1.78. The molecule has 0 radical (unpaired) electrons. The maximum Gasteiger partial charge on any atom is 0.310 e. The number of amides is 1. The van der Waals surface area contributed by atoms with Crippen LogP contribution in [0.3, 0.4) is 0 Å². The Morgan fingerprint density at radius 1 is 1.24 bits per heavy atom. The Bertz CT molecular complexity index is 615. The maximum absolute atomic E-state index is 12.4. The number of thioether (sulfide) groups is 1. The van der Waals surface area contributed by atoms with Crippen molar-refractivity contribution in [1.82, 2.24) is 0 Å². The second kappa shape index (κ2) is 5.54. The van der Waals surface area contributed by atoms with Crippen molar-refractivity contribution in [2.24, 2.45) is 11.8 Å². The summed E-state index contributed by atoms with van der Waals surface area (Å²) in [5.41, 5.74) is 0.669. The third-order valence-corrected chi connectivity index (χ3v) is 4.55. The zero-order valence-electron chi connectivity index (χ0n) is 11.4. The molecule has 4 atom stereocenters. The summed E-state index contributed by atoms with van der Waals surface area (Å²) < 4.78 is 5.51. The van der Waals surface area contributed by atoms with E-state index in [-0.39, 0.29) is 5.91 Å². The molecule has 0 spiro atoms. The van der Waals surface area contributed by atoms with Crippen molar-refractivity contribution in [2.45, 2.75) is 17.1 Å². The SMILES string of the molecule is CSc1cccc(NC(=O)[C@H]2[C@@H](C(=O)O)[C@H]3C=C[C@H]2O3)c1. The molecule has 1 aromatic carbocycles. The molecular formula is C15H15NO4S. The van der Waals surface area contributed by atoms with E-state index in [1.165, 1.54) is 0 Å². The normalized spacial score (nSPS) is 29.6. The number of carboxylic acids is 1. The first-order chi connectivity index (χ1) is 10.1. The van der Waals surface area contributed by atoms with Crippen LogP contribution >= 0.6 is 11.8 Å². The summed E-state index contributed by atoms with van der Waals surface area (Å²) in [6.45, 7) is 0. The number of carbonyl (C=O) groups excluding carboxylic acids is 1. The van der Waals surface area contributed by atoms with Crippen LogP contribution in [0.5, 0.6) is 0 Å². The fraction of sp³-hybridized carbons (Fsp3) is 0.333. The van der Waals surface area contributed by atoms with Gasteiger partial charge in [0.25, 0.3) is 0 Å². The number of hydrogen-bond donors (Lipinski definition) is 2. The van der Waals surface area contributed by atoms with Crippen LogP contribution in [0.15, 0.2) is 41.3 Å². The van der Waals surface area contributed by atoms with Crippen LogP contribution in [0.2, 0.25) is 0 Å². The van der Waals surface area contributed by atoms with Gasteiger partial charge in [-0.05, 0) is 24.5 Å². The molecule has 110 valence electrons. The van der Waals surface area contributed by atoms with Gasteiger partial charge in [0, 0.05) is 10.6 Å². The fourth-order valence-corrected chi connectivity index (χ4v) is 3.30. The number of aliphatic carboxylic acids is 1. The molecule has 2 N–H and O–H groups in total. The summed E-state index contributed by atoms with van der Waals surface area (Å²) in [4.78, 5) is 24.8. The van der Waals surface area contributed by atoms with Crippen molar-refractivity contribution in [3.8, 4) is 0 Å². The largest absolute Gasteiger partial charge is 0.481 e. The lowest BCUT2D eigenvalue weighted by atomic mass is 9.82. The van der Waals surface area contributed by atoms with Gasteiger partial charge in [-0.15, -0.1) is 11.8 Å². The maximum atomic E-state index is 12.4. The van der Waals surface area contributed by atoms with Crippen molar-refractivity contribution in [3.05, 3.63) is 36.4 Å². The topological polar surface area (TPSA) is 75.6 Å². The van der Waals surface area contributed by atoms with Crippen molar-refractivity contribution < 1.29 is 19.4 Å². The van der Waals surface area contributed by atoms with Gasteiger partial charge in [0.05, 0.1) is 18.1 Å². The third kappa shape index (κ3) is 2.56. The van der Waals surface area contributed by atoms with Crippen LogP contribution < -0.4 is 5.32 Å². The van der Waals surface area contributed by atoms with E-state index in [0.717, 1.165) is 4.90 Å². The molecule has 0 aromatic heterocycles. The molecule has 1 saturated heterocycles. The Hall–Kier alpha value is -1.79. The highest BCUT2D eigenvalue weighted by Gasteiger charge is 2.53. The highest BCUT2D eigenvalue weighted by molar-refractivity contribution is 7.98. The second-order valence-electron chi connectivity index (χ2n) is 5.06. The Labute approximate surface area is 126 Å². The molecule has 3 rings (SSSR count). The van der Waals surface area contributed by atoms with Gasteiger partial charge in [0.2, 0.25) is 5.91 Å². The van der Waals surface area contributed by atoms with Gasteiger partial charge >= 0.3 is 5.97 Å². The summed E-state index contributed by atoms with van der Waals surface area (Å²) in [5, 5.41) is 12.1. The van der Waals surface area contributed by atoms with Gasteiger partial charge in [-0.3, -0.25) is 9.59 Å². The van der Waals surface area contributed by atoms with E-state index in [9.17, 15) is 14.7 Å². The Kier molecular flexibility index (Phi) is 3.73. The molecular weight excluding hydrogens is 290 g/mol. The predicted octanol–water partition coefficient (Wildman–Crippen LogP) is 2.00. The molecule has 0 unspecified atom stereocenters. The number of rotatable bonds is 4. The minimum absolute atomic E-state index is 0.308. The first-order valence-electron chi connectivity index (χ1n) is 6.61. The van der Waals surface area contributed by atoms with Crippen LogP contribution in [0, 0.1) is 11.8 Å². The van der Waals surface area contributed by atoms with E-state index in [0.29, 0.717) is 5.69 Å². The van der Waals surface area contributed by atoms with Crippen LogP contribution in [-0.2, 0) is 14.3 Å². The lowest BCUT2D eigenvalue weighted by Crippen LogP contribution is -2.39. The molecule has 2 bridgehead atoms. The van der Waals surface area contributed by atoms with E-state index in [2.05, 4.69) is 5.32 Å². The standard InChI is InChI=1S/C15H15NO4S/c1-21-9-4-2-3-8(7-9)16-14(17)12-10-5-6-11(20-10)13(12)15(18)19/h2-7,10-13H,1H3,(H,16,17)(H,18,19)/t10-,11-,12-,13+/m1/s1. The molecule has 1 aromatic rings. The monoisotopic (exact) mass is 305 g/mol. The highest BCUT2D eigenvalue weighted by Crippen LogP contribution is 2.39. The molecule has 2 aliphatic heterocycles. The van der Waals surface area contributed by atoms with E-state index >= 15 is 0 Å². The van der Waals surface area contributed by atoms with Crippen LogP contribution in [0.1, 0.15) is 0 Å². The molecule has 1 fully saturated rings. The summed E-state index contributed by atoms with van der Waals surface area (Å²) in [6, 6.07) is 7.45. The Morgan fingerprint density at radius 3 is 2.62 bits per heavy atom. The molecule has 1 amide bonds. The zero-order chi connectivity index (χ0) is 15.0. The fourth-order valence-electron chi connectivity index (χ4n) is 2.84. The van der Waals surface area contributed by atoms with Gasteiger partial charge in [-0.25, -0.2) is 0 Å². The summed E-state index contributed by atoms with van der Waals surface area (Å²) in [5.74, 6) is -2.80. The van der Waals surface area contributed by atoms with Crippen molar-refractivity contribution in [1.29, 1.82) is 0 Å². The van der Waals surface area contributed by atoms with Gasteiger partial charge in [-0.1, -0.05) is 18.2 Å². The first-order valence-corrected chi connectivity index (χ1v) is 7.84. The summed E-state index contributed by atoms with van der Waals surface area (Å²) in [7, 11) is 0. The van der Waals surface area contributed by atoms with Crippen LogP contribution in [0.25, 0.3) is 0 Å². The Morgan fingerprint density at radius 2 is 1.95 bits per heavy atom. The van der Waals surface area contributed by atoms with Crippen LogP contribution in [-0.4, -0.2) is 35.4 Å². The van der Waals surface area contributed by atoms with E-state index in [4.69, 9.17) is 4.74 Å². The lowest BCUT2D eigenvalue weighted by Gasteiger charge is -2.21. The number of nitrogens with one attached hydrogen (secondary N) is 1. The number of benzene rings is 1.